The van der Waals surface area contributed by atoms with Crippen molar-refractivity contribution in [2.24, 2.45) is 5.92 Å². The van der Waals surface area contributed by atoms with E-state index in [1.807, 2.05) is 13.0 Å². The van der Waals surface area contributed by atoms with E-state index in [4.69, 9.17) is 4.74 Å². The molecule has 0 bridgehead atoms. The van der Waals surface area contributed by atoms with E-state index in [1.165, 1.54) is 12.1 Å². The fourth-order valence-corrected chi connectivity index (χ4v) is 3.20. The molecule has 182 valence electrons. The van der Waals surface area contributed by atoms with Crippen LogP contribution in [0.25, 0.3) is 0 Å². The number of nitrogens with zero attached hydrogens (tertiary/aromatic N) is 2. The number of rotatable bonds is 9. The van der Waals surface area contributed by atoms with Gasteiger partial charge in [-0.05, 0) is 46.6 Å². The van der Waals surface area contributed by atoms with Crippen LogP contribution < -0.4 is 10.6 Å². The zero-order valence-electron chi connectivity index (χ0n) is 20.5. The van der Waals surface area contributed by atoms with Crippen molar-refractivity contribution in [2.45, 2.75) is 78.6 Å². The van der Waals surface area contributed by atoms with Crippen LogP contribution in [0.1, 0.15) is 66.5 Å². The van der Waals surface area contributed by atoms with E-state index >= 15 is 0 Å². The maximum absolute atomic E-state index is 13.7. The van der Waals surface area contributed by atoms with Crippen LogP contribution in [0.15, 0.2) is 24.3 Å². The van der Waals surface area contributed by atoms with Crippen molar-refractivity contribution in [3.05, 3.63) is 29.8 Å². The van der Waals surface area contributed by atoms with Gasteiger partial charge in [-0.15, -0.1) is 0 Å². The maximum Gasteiger partial charge on any atom is 0.408 e. The molecule has 1 rings (SSSR count). The summed E-state index contributed by atoms with van der Waals surface area (Å²) >= 11 is 0. The van der Waals surface area contributed by atoms with Crippen molar-refractivity contribution in [1.29, 1.82) is 5.26 Å². The number of aromatic hydroxyl groups is 1. The number of benzene rings is 1. The number of hydrogen-bond donors (Lipinski definition) is 3. The molecule has 0 aromatic heterocycles. The lowest BCUT2D eigenvalue weighted by molar-refractivity contribution is -0.143. The molecule has 0 heterocycles. The van der Waals surface area contributed by atoms with Crippen molar-refractivity contribution in [3.63, 3.8) is 0 Å². The largest absolute Gasteiger partial charge is 0.508 e. The Morgan fingerprint density at radius 3 is 2.24 bits per heavy atom. The van der Waals surface area contributed by atoms with E-state index in [2.05, 4.69) is 10.6 Å². The average molecular weight is 461 g/mol. The molecular weight excluding hydrogens is 424 g/mol. The van der Waals surface area contributed by atoms with Crippen molar-refractivity contribution in [1.82, 2.24) is 15.5 Å². The summed E-state index contributed by atoms with van der Waals surface area (Å²) in [4.78, 5) is 40.4. The molecule has 0 aliphatic rings. The first kappa shape index (κ1) is 27.8. The monoisotopic (exact) mass is 460 g/mol. The number of phenolic OH excluding ortho intramolecular Hbond substituents is 1. The highest BCUT2D eigenvalue weighted by Gasteiger charge is 2.39. The summed E-state index contributed by atoms with van der Waals surface area (Å²) in [6.07, 6.45) is -0.227. The smallest absolute Gasteiger partial charge is 0.408 e. The third-order valence-corrected chi connectivity index (χ3v) is 4.90. The molecule has 0 saturated heterocycles. The van der Waals surface area contributed by atoms with E-state index in [0.29, 0.717) is 6.42 Å². The standard InChI is InChI=1S/C24H36N4O5/c1-8-16(4)19(27-23(32)33-24(5,6)7)22(31)28(14-13-25)20(21(30)26-15(2)3)17-11-9-10-12-18(17)29/h9-12,15-16,19-20,29H,8,14H2,1-7H3,(H,26,30)(H,27,32). The van der Waals surface area contributed by atoms with Crippen LogP contribution in [0.4, 0.5) is 4.79 Å². The Morgan fingerprint density at radius 1 is 1.15 bits per heavy atom. The Labute approximate surface area is 196 Å². The number of alkyl carbamates (subject to hydrolysis) is 1. The van der Waals surface area contributed by atoms with Gasteiger partial charge in [-0.3, -0.25) is 9.59 Å². The Kier molecular flexibility index (Phi) is 10.2. The highest BCUT2D eigenvalue weighted by molar-refractivity contribution is 5.93. The second kappa shape index (κ2) is 12.1. The predicted octanol–water partition coefficient (Wildman–Crippen LogP) is 3.25. The normalized spacial score (nSPS) is 13.9. The molecule has 3 atom stereocenters. The molecule has 0 aliphatic heterocycles. The van der Waals surface area contributed by atoms with Gasteiger partial charge in [0.05, 0.1) is 6.07 Å². The van der Waals surface area contributed by atoms with Crippen LogP contribution in [0.2, 0.25) is 0 Å². The number of carbonyl (C=O) groups is 3. The minimum absolute atomic E-state index is 0.180. The first-order valence-electron chi connectivity index (χ1n) is 11.1. The van der Waals surface area contributed by atoms with Crippen LogP contribution >= 0.6 is 0 Å². The van der Waals surface area contributed by atoms with E-state index in [-0.39, 0.29) is 23.3 Å². The van der Waals surface area contributed by atoms with E-state index in [0.717, 1.165) is 4.90 Å². The van der Waals surface area contributed by atoms with Gasteiger partial charge in [0.1, 0.15) is 30.0 Å². The molecule has 1 aromatic carbocycles. The van der Waals surface area contributed by atoms with Crippen molar-refractivity contribution >= 4 is 17.9 Å². The summed E-state index contributed by atoms with van der Waals surface area (Å²) < 4.78 is 5.31. The van der Waals surface area contributed by atoms with Gasteiger partial charge in [0.15, 0.2) is 0 Å². The topological polar surface area (TPSA) is 132 Å². The van der Waals surface area contributed by atoms with Gasteiger partial charge in [0.25, 0.3) is 0 Å². The van der Waals surface area contributed by atoms with Crippen LogP contribution in [0.3, 0.4) is 0 Å². The third kappa shape index (κ3) is 8.29. The summed E-state index contributed by atoms with van der Waals surface area (Å²) in [5, 5.41) is 25.3. The van der Waals surface area contributed by atoms with Gasteiger partial charge in [-0.25, -0.2) is 4.79 Å². The predicted molar refractivity (Wildman–Crippen MR) is 124 cm³/mol. The molecule has 3 N–H and O–H groups in total. The number of amides is 3. The van der Waals surface area contributed by atoms with Crippen LogP contribution in [-0.4, -0.2) is 52.1 Å². The highest BCUT2D eigenvalue weighted by Crippen LogP contribution is 2.30. The molecule has 0 fully saturated rings. The minimum atomic E-state index is -1.27. The Morgan fingerprint density at radius 2 is 1.76 bits per heavy atom. The maximum atomic E-state index is 13.7. The summed E-state index contributed by atoms with van der Waals surface area (Å²) in [5.41, 5.74) is -0.589. The summed E-state index contributed by atoms with van der Waals surface area (Å²) in [6, 6.07) is 5.53. The molecule has 3 amide bonds. The molecule has 9 nitrogen and oxygen atoms in total. The first-order valence-corrected chi connectivity index (χ1v) is 11.1. The van der Waals surface area contributed by atoms with Gasteiger partial charge in [-0.1, -0.05) is 38.5 Å². The molecule has 1 aromatic rings. The second-order valence-corrected chi connectivity index (χ2v) is 9.26. The van der Waals surface area contributed by atoms with Crippen LogP contribution in [0, 0.1) is 17.2 Å². The second-order valence-electron chi connectivity index (χ2n) is 9.26. The fraction of sp³-hybridized carbons (Fsp3) is 0.583. The molecule has 9 heteroatoms. The Balaban J connectivity index is 3.48. The van der Waals surface area contributed by atoms with Gasteiger partial charge in [0.2, 0.25) is 11.8 Å². The minimum Gasteiger partial charge on any atom is -0.508 e. The van der Waals surface area contributed by atoms with E-state index < -0.39 is 42.1 Å². The van der Waals surface area contributed by atoms with Gasteiger partial charge >= 0.3 is 6.09 Å². The lowest BCUT2D eigenvalue weighted by Crippen LogP contribution is -2.55. The quantitative estimate of drug-likeness (QED) is 0.485. The fourth-order valence-electron chi connectivity index (χ4n) is 3.20. The third-order valence-electron chi connectivity index (χ3n) is 4.90. The van der Waals surface area contributed by atoms with Crippen molar-refractivity contribution in [3.8, 4) is 11.8 Å². The van der Waals surface area contributed by atoms with Gasteiger partial charge in [0, 0.05) is 11.6 Å². The summed E-state index contributed by atoms with van der Waals surface area (Å²) in [5.74, 6) is -1.67. The van der Waals surface area contributed by atoms with Crippen LogP contribution in [-0.2, 0) is 14.3 Å². The Hall–Kier alpha value is -3.28. The summed E-state index contributed by atoms with van der Waals surface area (Å²) in [7, 11) is 0. The molecular formula is C24H36N4O5. The van der Waals surface area contributed by atoms with Gasteiger partial charge in [-0.2, -0.15) is 5.26 Å². The first-order chi connectivity index (χ1) is 15.3. The molecule has 3 unspecified atom stereocenters. The molecule has 0 saturated carbocycles. The SMILES string of the molecule is CCC(C)C(NC(=O)OC(C)(C)C)C(=O)N(CC#N)C(C(=O)NC(C)C)c1ccccc1O. The zero-order chi connectivity index (χ0) is 25.3. The number of carbonyl (C=O) groups excluding carboxylic acids is 3. The number of hydrogen-bond acceptors (Lipinski definition) is 6. The number of para-hydroxylation sites is 1. The molecule has 0 spiro atoms. The van der Waals surface area contributed by atoms with Gasteiger partial charge < -0.3 is 25.4 Å². The lowest BCUT2D eigenvalue weighted by Gasteiger charge is -2.35. The van der Waals surface area contributed by atoms with Crippen molar-refractivity contribution < 1.29 is 24.2 Å². The van der Waals surface area contributed by atoms with E-state index in [1.54, 1.807) is 53.7 Å². The highest BCUT2D eigenvalue weighted by atomic mass is 16.6. The number of phenols is 1. The number of ether oxygens (including phenoxy) is 1. The Bertz CT molecular complexity index is 872. The average Bonchev–Trinajstić information content (AvgIpc) is 2.70. The number of nitrogens with one attached hydrogen (secondary N) is 2. The zero-order valence-corrected chi connectivity index (χ0v) is 20.5. The summed E-state index contributed by atoms with van der Waals surface area (Å²) in [6.45, 7) is 11.9. The molecule has 0 aliphatic carbocycles. The van der Waals surface area contributed by atoms with Crippen molar-refractivity contribution in [2.75, 3.05) is 6.54 Å². The number of nitriles is 1. The van der Waals surface area contributed by atoms with Crippen LogP contribution in [0.5, 0.6) is 5.75 Å². The molecule has 0 radical (unpaired) electrons. The van der Waals surface area contributed by atoms with E-state index in [9.17, 15) is 24.8 Å². The lowest BCUT2D eigenvalue weighted by atomic mass is 9.95. The molecule has 33 heavy (non-hydrogen) atoms.